The van der Waals surface area contributed by atoms with Crippen LogP contribution in [0.4, 0.5) is 0 Å². The zero-order valence-electron chi connectivity index (χ0n) is 27.1. The third-order valence-corrected chi connectivity index (χ3v) is 15.8. The quantitative estimate of drug-likeness (QED) is 0.229. The van der Waals surface area contributed by atoms with Crippen LogP contribution in [-0.2, 0) is 19.1 Å². The van der Waals surface area contributed by atoms with Crippen molar-refractivity contribution in [2.45, 2.75) is 136 Å². The van der Waals surface area contributed by atoms with Crippen LogP contribution in [0.2, 0.25) is 0 Å². The van der Waals surface area contributed by atoms with E-state index in [-0.39, 0.29) is 45.0 Å². The topological polar surface area (TPSA) is 154 Å². The number of hydrogen-bond donors (Lipinski definition) is 5. The van der Waals surface area contributed by atoms with Gasteiger partial charge in [-0.2, -0.15) is 0 Å². The van der Waals surface area contributed by atoms with Gasteiger partial charge in [0.15, 0.2) is 12.4 Å². The maximum atomic E-state index is 12.9. The van der Waals surface area contributed by atoms with Gasteiger partial charge in [0.2, 0.25) is 0 Å². The number of fused-ring (bicyclic) bond motifs is 6. The lowest BCUT2D eigenvalue weighted by atomic mass is 9.34. The van der Waals surface area contributed by atoms with E-state index in [2.05, 4.69) is 47.6 Å². The molecule has 6 aliphatic carbocycles. The van der Waals surface area contributed by atoms with Gasteiger partial charge in [0.1, 0.15) is 18.3 Å². The number of hydrogen-bond acceptors (Lipinski definition) is 7. The monoisotopic (exact) mass is 616 g/mol. The van der Waals surface area contributed by atoms with Gasteiger partial charge in [-0.25, -0.2) is 4.79 Å². The maximum Gasteiger partial charge on any atom is 0.335 e. The lowest BCUT2D eigenvalue weighted by molar-refractivity contribution is -0.324. The van der Waals surface area contributed by atoms with Crippen molar-refractivity contribution in [3.63, 3.8) is 0 Å². The molecule has 0 radical (unpaired) electrons. The molecule has 9 nitrogen and oxygen atoms in total. The fraction of sp³-hybridized carbons (Fsp3) is 0.886. The van der Waals surface area contributed by atoms with Crippen LogP contribution in [0.1, 0.15) is 99.3 Å². The first-order valence-electron chi connectivity index (χ1n) is 16.9. The molecule has 1 aliphatic heterocycles. The number of carbonyl (C=O) groups is 2. The highest BCUT2D eigenvalue weighted by Crippen LogP contribution is 2.82. The zero-order chi connectivity index (χ0) is 32.0. The first kappa shape index (κ1) is 31.1. The molecule has 0 aromatic heterocycles. The molecule has 0 aromatic carbocycles. The Hall–Kier alpha value is -1.52. The third-order valence-electron chi connectivity index (χ3n) is 15.8. The minimum absolute atomic E-state index is 0.0105. The van der Waals surface area contributed by atoms with Crippen molar-refractivity contribution in [2.75, 3.05) is 0 Å². The highest BCUT2D eigenvalue weighted by atomic mass is 16.7. The van der Waals surface area contributed by atoms with Gasteiger partial charge in [-0.15, -0.1) is 0 Å². The third kappa shape index (κ3) is 3.54. The van der Waals surface area contributed by atoms with Crippen LogP contribution >= 0.6 is 0 Å². The van der Waals surface area contributed by atoms with Gasteiger partial charge in [0.25, 0.3) is 0 Å². The number of rotatable bonds is 4. The van der Waals surface area contributed by atoms with Crippen molar-refractivity contribution < 1.29 is 44.6 Å². The molecule has 7 rings (SSSR count). The second-order valence-electron chi connectivity index (χ2n) is 17.5. The second kappa shape index (κ2) is 9.30. The standard InChI is InChI=1S/C35H52O9/c1-30(2)19-9-12-33(5)20(8-7-17-18-15-31(3)13-14-35(18,29(41)42)21(31)16-34(17,33)6)32(19,4)11-10-22(30)43-28-25(38)23(36)24(37)26(44-28)27(39)40/h7,18-26,28,36-38H,8-16H2,1-6H3,(H,39,40)(H,41,42). The van der Waals surface area contributed by atoms with Gasteiger partial charge in [-0.1, -0.05) is 53.2 Å². The Kier molecular flexibility index (Phi) is 6.57. The molecule has 0 spiro atoms. The molecule has 0 amide bonds. The molecule has 15 unspecified atom stereocenters. The van der Waals surface area contributed by atoms with Gasteiger partial charge in [0.05, 0.1) is 11.5 Å². The number of aliphatic hydroxyl groups excluding tert-OH is 3. The molecular formula is C35H52O9. The van der Waals surface area contributed by atoms with E-state index < -0.39 is 48.1 Å². The second-order valence-corrected chi connectivity index (χ2v) is 17.5. The summed E-state index contributed by atoms with van der Waals surface area (Å²) < 4.78 is 11.9. The van der Waals surface area contributed by atoms with E-state index in [4.69, 9.17) is 9.47 Å². The van der Waals surface area contributed by atoms with E-state index in [1.807, 2.05) is 0 Å². The summed E-state index contributed by atoms with van der Waals surface area (Å²) >= 11 is 0. The Labute approximate surface area is 260 Å². The van der Waals surface area contributed by atoms with Gasteiger partial charge in [-0.05, 0) is 109 Å². The largest absolute Gasteiger partial charge is 0.481 e. The summed E-state index contributed by atoms with van der Waals surface area (Å²) in [6.45, 7) is 14.2. The number of ether oxygens (including phenoxy) is 2. The molecule has 6 fully saturated rings. The summed E-state index contributed by atoms with van der Waals surface area (Å²) in [4.78, 5) is 24.6. The van der Waals surface area contributed by atoms with Crippen LogP contribution < -0.4 is 0 Å². The number of carboxylic acids is 2. The Balaban J connectivity index is 1.18. The molecular weight excluding hydrogens is 564 g/mol. The van der Waals surface area contributed by atoms with Gasteiger partial charge >= 0.3 is 11.9 Å². The molecule has 7 aliphatic rings. The molecule has 1 heterocycles. The Bertz CT molecular complexity index is 1290. The summed E-state index contributed by atoms with van der Waals surface area (Å²) in [6.07, 6.45) is 2.52. The predicted octanol–water partition coefficient (Wildman–Crippen LogP) is 4.37. The van der Waals surface area contributed by atoms with Crippen molar-refractivity contribution in [3.8, 4) is 0 Å². The normalized spacial score (nSPS) is 57.1. The Morgan fingerprint density at radius 1 is 0.841 bits per heavy atom. The van der Waals surface area contributed by atoms with Crippen molar-refractivity contribution >= 4 is 11.9 Å². The van der Waals surface area contributed by atoms with Crippen LogP contribution in [-0.4, -0.2) is 74.3 Å². The molecule has 0 aromatic rings. The molecule has 44 heavy (non-hydrogen) atoms. The number of carboxylic acid groups (broad SMARTS) is 2. The van der Waals surface area contributed by atoms with E-state index in [0.717, 1.165) is 51.4 Å². The molecule has 246 valence electrons. The molecule has 5 saturated carbocycles. The first-order valence-corrected chi connectivity index (χ1v) is 16.9. The van der Waals surface area contributed by atoms with E-state index >= 15 is 0 Å². The van der Waals surface area contributed by atoms with Crippen LogP contribution in [0.25, 0.3) is 0 Å². The summed E-state index contributed by atoms with van der Waals surface area (Å²) in [5.74, 6) is -0.913. The highest BCUT2D eigenvalue weighted by Gasteiger charge is 2.77. The SMILES string of the molecule is CC12CCC3(C(=O)O)C(C1)C1=CCC4C5(C)CCC(OC6OC(C(=O)O)C(O)C(O)C6O)C(C)(C)C5CCC4(C)C1(C)CC23. The van der Waals surface area contributed by atoms with E-state index in [0.29, 0.717) is 18.3 Å². The minimum Gasteiger partial charge on any atom is -0.481 e. The summed E-state index contributed by atoms with van der Waals surface area (Å²) in [6, 6.07) is 0. The van der Waals surface area contributed by atoms with Crippen molar-refractivity contribution in [3.05, 3.63) is 11.6 Å². The van der Waals surface area contributed by atoms with Crippen LogP contribution in [0.15, 0.2) is 11.6 Å². The number of aliphatic hydroxyl groups is 3. The van der Waals surface area contributed by atoms with Crippen molar-refractivity contribution in [1.29, 1.82) is 0 Å². The average molecular weight is 617 g/mol. The summed E-state index contributed by atoms with van der Waals surface area (Å²) in [5.41, 5.74) is 0.625. The van der Waals surface area contributed by atoms with Crippen molar-refractivity contribution in [1.82, 2.24) is 0 Å². The van der Waals surface area contributed by atoms with E-state index in [1.165, 1.54) is 5.57 Å². The minimum atomic E-state index is -1.75. The fourth-order valence-corrected chi connectivity index (χ4v) is 13.4. The Morgan fingerprint density at radius 2 is 1.55 bits per heavy atom. The van der Waals surface area contributed by atoms with E-state index in [9.17, 15) is 35.1 Å². The molecule has 1 saturated heterocycles. The van der Waals surface area contributed by atoms with Gasteiger partial charge in [0, 0.05) is 0 Å². The molecule has 4 bridgehead atoms. The van der Waals surface area contributed by atoms with Crippen molar-refractivity contribution in [2.24, 2.45) is 56.2 Å². The lowest BCUT2D eigenvalue weighted by Gasteiger charge is -2.70. The van der Waals surface area contributed by atoms with Gasteiger partial charge in [-0.3, -0.25) is 4.79 Å². The maximum absolute atomic E-state index is 12.9. The summed E-state index contributed by atoms with van der Waals surface area (Å²) in [7, 11) is 0. The molecule has 5 N–H and O–H groups in total. The molecule has 9 heteroatoms. The number of allylic oxidation sites excluding steroid dienone is 2. The van der Waals surface area contributed by atoms with Crippen LogP contribution in [0.3, 0.4) is 0 Å². The zero-order valence-corrected chi connectivity index (χ0v) is 27.1. The Morgan fingerprint density at radius 3 is 2.20 bits per heavy atom. The predicted molar refractivity (Wildman–Crippen MR) is 159 cm³/mol. The highest BCUT2D eigenvalue weighted by molar-refractivity contribution is 5.79. The average Bonchev–Trinajstić information content (AvgIpc) is 3.32. The molecule has 15 atom stereocenters. The fourth-order valence-electron chi connectivity index (χ4n) is 13.4. The van der Waals surface area contributed by atoms with Crippen LogP contribution in [0, 0.1) is 56.2 Å². The summed E-state index contributed by atoms with van der Waals surface area (Å²) in [5, 5.41) is 51.4. The van der Waals surface area contributed by atoms with Gasteiger partial charge < -0.3 is 35.0 Å². The lowest BCUT2D eigenvalue weighted by Crippen LogP contribution is -2.66. The van der Waals surface area contributed by atoms with Crippen LogP contribution in [0.5, 0.6) is 0 Å². The number of aliphatic carboxylic acids is 2. The van der Waals surface area contributed by atoms with E-state index in [1.54, 1.807) is 0 Å². The smallest absolute Gasteiger partial charge is 0.335 e. The first-order chi connectivity index (χ1) is 20.4.